The van der Waals surface area contributed by atoms with Crippen molar-refractivity contribution in [1.29, 1.82) is 0 Å². The van der Waals surface area contributed by atoms with Crippen LogP contribution in [0.15, 0.2) is 82.8 Å². The van der Waals surface area contributed by atoms with Crippen LogP contribution >= 0.6 is 15.9 Å². The number of benzene rings is 2. The van der Waals surface area contributed by atoms with Gasteiger partial charge in [-0.3, -0.25) is 9.89 Å². The van der Waals surface area contributed by atoms with Crippen molar-refractivity contribution in [3.05, 3.63) is 88.9 Å². The normalized spacial score (nSPS) is 24.4. The van der Waals surface area contributed by atoms with Crippen LogP contribution in [0.25, 0.3) is 0 Å². The van der Waals surface area contributed by atoms with Gasteiger partial charge in [-0.15, -0.1) is 6.58 Å². The molecule has 4 rings (SSSR count). The first-order valence-corrected chi connectivity index (χ1v) is 10.4. The van der Waals surface area contributed by atoms with E-state index in [0.717, 1.165) is 47.6 Å². The van der Waals surface area contributed by atoms with Crippen LogP contribution < -0.4 is 4.74 Å². The van der Waals surface area contributed by atoms with Crippen molar-refractivity contribution in [3.63, 3.8) is 0 Å². The average Bonchev–Trinajstić information content (AvgIpc) is 3.16. The van der Waals surface area contributed by atoms with Crippen molar-refractivity contribution < 1.29 is 4.74 Å². The third-order valence-electron chi connectivity index (χ3n) is 5.77. The molecule has 2 aliphatic rings. The lowest BCUT2D eigenvalue weighted by Gasteiger charge is -2.42. The van der Waals surface area contributed by atoms with E-state index in [4.69, 9.17) is 9.73 Å². The number of hydrogen-bond donors (Lipinski definition) is 0. The van der Waals surface area contributed by atoms with E-state index in [1.54, 1.807) is 7.11 Å². The maximum Gasteiger partial charge on any atom is 0.118 e. The Kier molecular flexibility index (Phi) is 5.51. The first-order chi connectivity index (χ1) is 13.6. The van der Waals surface area contributed by atoms with Crippen LogP contribution in [0.4, 0.5) is 0 Å². The molecule has 0 aromatic heterocycles. The van der Waals surface area contributed by atoms with Gasteiger partial charge in [-0.25, -0.2) is 0 Å². The fourth-order valence-electron chi connectivity index (χ4n) is 4.11. The summed E-state index contributed by atoms with van der Waals surface area (Å²) in [7, 11) is 1.69. The van der Waals surface area contributed by atoms with Crippen LogP contribution in [0.2, 0.25) is 0 Å². The Morgan fingerprint density at radius 1 is 1.21 bits per heavy atom. The van der Waals surface area contributed by atoms with E-state index in [-0.39, 0.29) is 5.54 Å². The lowest BCUT2D eigenvalue weighted by molar-refractivity contribution is 0.142. The molecule has 1 fully saturated rings. The summed E-state index contributed by atoms with van der Waals surface area (Å²) in [4.78, 5) is 7.68. The highest BCUT2D eigenvalue weighted by Gasteiger charge is 2.41. The molecule has 1 saturated heterocycles. The fourth-order valence-corrected chi connectivity index (χ4v) is 4.38. The molecule has 144 valence electrons. The Hall–Kier alpha value is -2.17. The van der Waals surface area contributed by atoms with E-state index in [2.05, 4.69) is 82.0 Å². The van der Waals surface area contributed by atoms with Gasteiger partial charge in [-0.05, 0) is 60.0 Å². The number of halogens is 1. The monoisotopic (exact) mass is 436 g/mol. The van der Waals surface area contributed by atoms with Crippen molar-refractivity contribution in [1.82, 2.24) is 4.90 Å². The van der Waals surface area contributed by atoms with Crippen molar-refractivity contribution in [2.24, 2.45) is 10.9 Å². The summed E-state index contributed by atoms with van der Waals surface area (Å²) in [5, 5.41) is 0. The second-order valence-electron chi connectivity index (χ2n) is 7.50. The molecule has 0 aliphatic carbocycles. The van der Waals surface area contributed by atoms with E-state index < -0.39 is 0 Å². The highest BCUT2D eigenvalue weighted by Crippen LogP contribution is 2.38. The Morgan fingerprint density at radius 2 is 1.96 bits per heavy atom. The number of methoxy groups -OCH3 is 1. The van der Waals surface area contributed by atoms with Gasteiger partial charge in [0, 0.05) is 30.0 Å². The number of nitrogens with zero attached hydrogens (tertiary/aromatic N) is 2. The molecule has 1 spiro atoms. The van der Waals surface area contributed by atoms with E-state index in [1.165, 1.54) is 5.56 Å². The lowest BCUT2D eigenvalue weighted by atomic mass is 9.78. The first-order valence-electron chi connectivity index (χ1n) is 9.65. The van der Waals surface area contributed by atoms with Gasteiger partial charge in [-0.1, -0.05) is 40.2 Å². The van der Waals surface area contributed by atoms with Crippen molar-refractivity contribution in [2.75, 3.05) is 20.2 Å². The number of likely N-dealkylation sites (tertiary alicyclic amines) is 1. The van der Waals surface area contributed by atoms with Gasteiger partial charge in [0.1, 0.15) is 5.75 Å². The van der Waals surface area contributed by atoms with Crippen LogP contribution in [0.3, 0.4) is 0 Å². The van der Waals surface area contributed by atoms with Gasteiger partial charge < -0.3 is 4.74 Å². The predicted molar refractivity (Wildman–Crippen MR) is 119 cm³/mol. The number of allylic oxidation sites excluding steroid dienone is 1. The number of aliphatic imine (C=N–C) groups is 1. The highest BCUT2D eigenvalue weighted by atomic mass is 79.9. The standard InChI is InChI=1S/C24H25BrN2O/c1-3-20-17-27(16-18-4-8-21(25)9-5-18)15-14-24(20)13-12-23(26-24)19-6-10-22(28-2)11-7-19/h3-13,20H,1,14-17H2,2H3/t20-,24-/m0/s1. The van der Waals surface area contributed by atoms with E-state index >= 15 is 0 Å². The van der Waals surface area contributed by atoms with Crippen LogP contribution in [0, 0.1) is 5.92 Å². The van der Waals surface area contributed by atoms with Crippen molar-refractivity contribution in [3.8, 4) is 5.75 Å². The maximum atomic E-state index is 5.26. The molecular formula is C24H25BrN2O. The van der Waals surface area contributed by atoms with Crippen LogP contribution in [0.5, 0.6) is 5.75 Å². The van der Waals surface area contributed by atoms with E-state index in [9.17, 15) is 0 Å². The molecule has 4 heteroatoms. The average molecular weight is 437 g/mol. The zero-order valence-electron chi connectivity index (χ0n) is 16.1. The zero-order chi connectivity index (χ0) is 19.6. The molecule has 2 aromatic carbocycles. The minimum Gasteiger partial charge on any atom is -0.497 e. The van der Waals surface area contributed by atoms with Gasteiger partial charge in [0.2, 0.25) is 0 Å². The minimum atomic E-state index is -0.159. The lowest BCUT2D eigenvalue weighted by Crippen LogP contribution is -2.48. The Balaban J connectivity index is 1.49. The second kappa shape index (κ2) is 8.06. The fraction of sp³-hybridized carbons (Fsp3) is 0.292. The minimum absolute atomic E-state index is 0.159. The Bertz CT molecular complexity index is 901. The quantitative estimate of drug-likeness (QED) is 0.596. The summed E-state index contributed by atoms with van der Waals surface area (Å²) in [5.41, 5.74) is 3.36. The Morgan fingerprint density at radius 3 is 2.64 bits per heavy atom. The highest BCUT2D eigenvalue weighted by molar-refractivity contribution is 9.10. The molecular weight excluding hydrogens is 412 g/mol. The summed E-state index contributed by atoms with van der Waals surface area (Å²) in [5.74, 6) is 1.18. The molecule has 2 aliphatic heterocycles. The van der Waals surface area contributed by atoms with Crippen LogP contribution in [0.1, 0.15) is 17.5 Å². The summed E-state index contributed by atoms with van der Waals surface area (Å²) in [6.07, 6.45) is 7.55. The molecule has 0 bridgehead atoms. The maximum absolute atomic E-state index is 5.26. The third-order valence-corrected chi connectivity index (χ3v) is 6.30. The third kappa shape index (κ3) is 3.85. The van der Waals surface area contributed by atoms with Crippen molar-refractivity contribution >= 4 is 21.6 Å². The number of ether oxygens (including phenoxy) is 1. The van der Waals surface area contributed by atoms with Crippen LogP contribution in [-0.2, 0) is 6.54 Å². The molecule has 0 N–H and O–H groups in total. The van der Waals surface area contributed by atoms with Crippen molar-refractivity contribution in [2.45, 2.75) is 18.5 Å². The summed E-state index contributed by atoms with van der Waals surface area (Å²) < 4.78 is 6.38. The molecule has 0 unspecified atom stereocenters. The zero-order valence-corrected chi connectivity index (χ0v) is 17.7. The second-order valence-corrected chi connectivity index (χ2v) is 8.42. The summed E-state index contributed by atoms with van der Waals surface area (Å²) in [6.45, 7) is 7.10. The molecule has 2 atom stereocenters. The number of rotatable bonds is 5. The SMILES string of the molecule is C=C[C@H]1CN(Cc2ccc(Br)cc2)CC[C@@]12C=CC(c1ccc(OC)cc1)=N2. The smallest absolute Gasteiger partial charge is 0.118 e. The molecule has 3 nitrogen and oxygen atoms in total. The van der Waals surface area contributed by atoms with Gasteiger partial charge in [-0.2, -0.15) is 0 Å². The van der Waals surface area contributed by atoms with Crippen LogP contribution in [-0.4, -0.2) is 36.3 Å². The first kappa shape index (κ1) is 19.2. The van der Waals surface area contributed by atoms with Gasteiger partial charge in [0.15, 0.2) is 0 Å². The molecule has 0 amide bonds. The van der Waals surface area contributed by atoms with E-state index in [1.807, 2.05) is 12.1 Å². The topological polar surface area (TPSA) is 24.8 Å². The molecule has 0 saturated carbocycles. The van der Waals surface area contributed by atoms with Gasteiger partial charge in [0.05, 0.1) is 18.4 Å². The summed E-state index contributed by atoms with van der Waals surface area (Å²) in [6, 6.07) is 16.7. The predicted octanol–water partition coefficient (Wildman–Crippen LogP) is 5.26. The molecule has 2 heterocycles. The van der Waals surface area contributed by atoms with Gasteiger partial charge >= 0.3 is 0 Å². The van der Waals surface area contributed by atoms with E-state index in [0.29, 0.717) is 5.92 Å². The summed E-state index contributed by atoms with van der Waals surface area (Å²) >= 11 is 3.51. The number of hydrogen-bond acceptors (Lipinski definition) is 3. The Labute approximate surface area is 175 Å². The number of piperidine rings is 1. The van der Waals surface area contributed by atoms with Gasteiger partial charge in [0.25, 0.3) is 0 Å². The molecule has 0 radical (unpaired) electrons. The molecule has 28 heavy (non-hydrogen) atoms. The largest absolute Gasteiger partial charge is 0.497 e. The molecule has 2 aromatic rings.